The molecular formula is C47H74N8O11. The van der Waals surface area contributed by atoms with E-state index in [9.17, 15) is 48.3 Å². The van der Waals surface area contributed by atoms with E-state index in [4.69, 9.17) is 10.5 Å². The maximum Gasteiger partial charge on any atom is 0.329 e. The Bertz CT molecular complexity index is 1910. The number of esters is 1. The molecule has 12 atom stereocenters. The van der Waals surface area contributed by atoms with E-state index in [1.807, 2.05) is 27.7 Å². The van der Waals surface area contributed by atoms with Gasteiger partial charge >= 0.3 is 5.97 Å². The predicted octanol–water partition coefficient (Wildman–Crippen LogP) is 1.57. The van der Waals surface area contributed by atoms with Crippen LogP contribution in [-0.2, 0) is 54.3 Å². The van der Waals surface area contributed by atoms with Crippen LogP contribution >= 0.6 is 0 Å². The van der Waals surface area contributed by atoms with Crippen LogP contribution in [-0.4, -0.2) is 130 Å². The van der Waals surface area contributed by atoms with E-state index in [2.05, 4.69) is 26.6 Å². The molecule has 19 heteroatoms. The number of likely N-dealkylation sites (N-methyl/N-ethyl adjacent to an activating group) is 1. The van der Waals surface area contributed by atoms with Gasteiger partial charge in [0.05, 0.1) is 0 Å². The molecule has 19 nitrogen and oxygen atoms in total. The minimum atomic E-state index is -1.71. The van der Waals surface area contributed by atoms with Crippen molar-refractivity contribution >= 4 is 53.2 Å². The number of amides is 8. The van der Waals surface area contributed by atoms with Crippen LogP contribution in [0, 0.1) is 23.7 Å². The van der Waals surface area contributed by atoms with Gasteiger partial charge in [0.1, 0.15) is 54.1 Å². The molecule has 0 saturated carbocycles. The van der Waals surface area contributed by atoms with Gasteiger partial charge < -0.3 is 52.0 Å². The number of hydrogen-bond acceptors (Lipinski definition) is 11. The van der Waals surface area contributed by atoms with Gasteiger partial charge in [-0.1, -0.05) is 80.4 Å². The van der Waals surface area contributed by atoms with Crippen molar-refractivity contribution in [2.75, 3.05) is 7.05 Å². The number of nitrogens with one attached hydrogen (secondary N) is 5. The molecule has 1 aromatic rings. The summed E-state index contributed by atoms with van der Waals surface area (Å²) in [6.45, 7) is 17.4. The van der Waals surface area contributed by atoms with Crippen molar-refractivity contribution in [2.24, 2.45) is 29.4 Å². The van der Waals surface area contributed by atoms with Crippen LogP contribution in [0.15, 0.2) is 24.3 Å². The van der Waals surface area contributed by atoms with Crippen LogP contribution in [0.4, 0.5) is 0 Å². The fourth-order valence-corrected chi connectivity index (χ4v) is 8.15. The number of phenols is 1. The first-order valence-corrected chi connectivity index (χ1v) is 23.3. The Kier molecular flexibility index (Phi) is 20.4. The molecule has 8 N–H and O–H groups in total. The first kappa shape index (κ1) is 54.6. The zero-order chi connectivity index (χ0) is 49.7. The molecule has 2 fully saturated rings. The van der Waals surface area contributed by atoms with E-state index < -0.39 is 125 Å². The second-order valence-electron chi connectivity index (χ2n) is 18.6. The number of hydrogen-bond donors (Lipinski definition) is 7. The molecule has 0 aromatic heterocycles. The minimum Gasteiger partial charge on any atom is -0.508 e. The second-order valence-corrected chi connectivity index (χ2v) is 18.6. The highest BCUT2D eigenvalue weighted by Gasteiger charge is 2.48. The summed E-state index contributed by atoms with van der Waals surface area (Å²) in [6, 6.07) is -3.53. The molecule has 2 aliphatic heterocycles. The molecule has 2 saturated heterocycles. The summed E-state index contributed by atoms with van der Waals surface area (Å²) < 4.78 is 5.93. The number of rotatable bonds is 16. The lowest BCUT2D eigenvalue weighted by molar-refractivity contribution is -0.158. The van der Waals surface area contributed by atoms with Gasteiger partial charge in [0, 0.05) is 31.8 Å². The van der Waals surface area contributed by atoms with E-state index in [0.29, 0.717) is 24.8 Å². The van der Waals surface area contributed by atoms with Gasteiger partial charge in [0.25, 0.3) is 0 Å². The number of carbonyl (C=O) groups excluding carboxylic acids is 9. The van der Waals surface area contributed by atoms with Crippen molar-refractivity contribution in [3.63, 3.8) is 0 Å². The zero-order valence-electron chi connectivity index (χ0n) is 40.5. The Morgan fingerprint density at radius 2 is 1.45 bits per heavy atom. The van der Waals surface area contributed by atoms with Crippen LogP contribution in [0.25, 0.3) is 0 Å². The molecule has 0 spiro atoms. The molecule has 0 radical (unpaired) electrons. The number of ether oxygens (including phenoxy) is 1. The third-order valence-corrected chi connectivity index (χ3v) is 13.0. The fourth-order valence-electron chi connectivity index (χ4n) is 8.15. The second kappa shape index (κ2) is 24.7. The molecule has 368 valence electrons. The number of nitrogens with two attached hydrogens (primary N) is 1. The third kappa shape index (κ3) is 14.4. The largest absolute Gasteiger partial charge is 0.508 e. The van der Waals surface area contributed by atoms with Gasteiger partial charge in [0.2, 0.25) is 47.3 Å². The smallest absolute Gasteiger partial charge is 0.329 e. The average Bonchev–Trinajstić information content (AvgIpc) is 3.53. The van der Waals surface area contributed by atoms with Gasteiger partial charge in [0.15, 0.2) is 0 Å². The number of carbonyl (C=O) groups is 9. The van der Waals surface area contributed by atoms with Crippen LogP contribution in [0.1, 0.15) is 120 Å². The summed E-state index contributed by atoms with van der Waals surface area (Å²) in [7, 11) is 1.46. The number of fused-ring (bicyclic) bond motifs is 2. The van der Waals surface area contributed by atoms with E-state index in [1.165, 1.54) is 35.9 Å². The molecule has 2 aliphatic rings. The number of phenolic OH excluding ortho intramolecular Hbond substituents is 1. The first-order valence-electron chi connectivity index (χ1n) is 23.3. The molecule has 4 unspecified atom stereocenters. The summed E-state index contributed by atoms with van der Waals surface area (Å²) in [5.74, 6) is -8.23. The van der Waals surface area contributed by atoms with Gasteiger partial charge in [-0.3, -0.25) is 38.4 Å². The highest BCUT2D eigenvalue weighted by Crippen LogP contribution is 2.29. The SMILES string of the molecule is CCC(C)C(=O)N[C@@H](CCC(N)=O)C(=O)N[C@@H]1C(=O)N[C@@H](CC(C)C)C(=O)N[C@H]2CC(C)N(C2=O)[C@H](C(C)CC)C(=O)N(C)[C@@H](Cc2ccc(O)cc2)C(=O)N[C@@H](C(C)CC)C(=O)O[C@@H]1C. The molecule has 3 rings (SSSR count). The van der Waals surface area contributed by atoms with Gasteiger partial charge in [-0.15, -0.1) is 0 Å². The highest BCUT2D eigenvalue weighted by atomic mass is 16.5. The number of aromatic hydroxyl groups is 1. The molecule has 66 heavy (non-hydrogen) atoms. The topological polar surface area (TPSA) is 276 Å². The summed E-state index contributed by atoms with van der Waals surface area (Å²) in [4.78, 5) is 129. The van der Waals surface area contributed by atoms with Gasteiger partial charge in [-0.2, -0.15) is 0 Å². The minimum absolute atomic E-state index is 0.0161. The Hall–Kier alpha value is -5.75. The van der Waals surface area contributed by atoms with Crippen molar-refractivity contribution < 1.29 is 53.0 Å². The molecular weight excluding hydrogens is 853 g/mol. The van der Waals surface area contributed by atoms with Crippen LogP contribution in [0.3, 0.4) is 0 Å². The van der Waals surface area contributed by atoms with Crippen molar-refractivity contribution in [1.82, 2.24) is 36.4 Å². The zero-order valence-corrected chi connectivity index (χ0v) is 40.5. The van der Waals surface area contributed by atoms with Crippen LogP contribution < -0.4 is 32.3 Å². The Labute approximate surface area is 388 Å². The summed E-state index contributed by atoms with van der Waals surface area (Å²) in [5, 5.41) is 23.5. The lowest BCUT2D eigenvalue weighted by Gasteiger charge is -2.39. The summed E-state index contributed by atoms with van der Waals surface area (Å²) in [5.41, 5.74) is 5.98. The molecule has 1 aromatic carbocycles. The molecule has 8 amide bonds. The van der Waals surface area contributed by atoms with Crippen molar-refractivity contribution in [3.05, 3.63) is 29.8 Å². The van der Waals surface area contributed by atoms with E-state index >= 15 is 0 Å². The lowest BCUT2D eigenvalue weighted by atomic mass is 9.93. The number of benzene rings is 1. The maximum atomic E-state index is 14.9. The Morgan fingerprint density at radius 1 is 0.833 bits per heavy atom. The number of nitrogens with zero attached hydrogens (tertiary/aromatic N) is 2. The van der Waals surface area contributed by atoms with Crippen molar-refractivity contribution in [1.29, 1.82) is 0 Å². The fraction of sp³-hybridized carbons (Fsp3) is 0.681. The quantitative estimate of drug-likeness (QED) is 0.117. The van der Waals surface area contributed by atoms with Crippen molar-refractivity contribution in [3.8, 4) is 5.75 Å². The Morgan fingerprint density at radius 3 is 2.02 bits per heavy atom. The van der Waals surface area contributed by atoms with Gasteiger partial charge in [-0.05, 0) is 75.0 Å². The molecule has 0 aliphatic carbocycles. The monoisotopic (exact) mass is 927 g/mol. The Balaban J connectivity index is 2.25. The maximum absolute atomic E-state index is 14.9. The van der Waals surface area contributed by atoms with Crippen molar-refractivity contribution in [2.45, 2.75) is 175 Å². The number of cyclic esters (lactones) is 1. The summed E-state index contributed by atoms with van der Waals surface area (Å²) in [6.07, 6.45) is -0.562. The van der Waals surface area contributed by atoms with E-state index in [1.54, 1.807) is 46.8 Å². The normalized spacial score (nSPS) is 26.7. The third-order valence-electron chi connectivity index (χ3n) is 13.0. The predicted molar refractivity (Wildman–Crippen MR) is 245 cm³/mol. The number of primary amides is 1. The highest BCUT2D eigenvalue weighted by molar-refractivity contribution is 5.99. The lowest BCUT2D eigenvalue weighted by Crippen LogP contribution is -2.61. The molecule has 2 heterocycles. The van der Waals surface area contributed by atoms with E-state index in [-0.39, 0.29) is 43.8 Å². The first-order chi connectivity index (χ1) is 30.9. The van der Waals surface area contributed by atoms with E-state index in [0.717, 1.165) is 0 Å². The molecule has 2 bridgehead atoms. The summed E-state index contributed by atoms with van der Waals surface area (Å²) >= 11 is 0. The van der Waals surface area contributed by atoms with Crippen LogP contribution in [0.2, 0.25) is 0 Å². The standard InChI is InChI=1S/C47H74N8O11/c1-12-25(6)37-47(65)66-29(10)38(53-41(59)32(19-20-36(48)57)49-40(58)27(8)14-3)44(62)50-33(21-24(4)5)42(60)51-34-22-28(9)55(45(34)63)39(26(7)13-2)46(64)54(11)35(43(61)52-37)23-30-15-17-31(56)18-16-30/h15-18,24-29,32-35,37-39,56H,12-14,19-23H2,1-11H3,(H2,48,57)(H,49,58)(H,50,62)(H,51,60)(H,52,61)(H,53,59)/t25?,26?,27?,28?,29-,32+,33+,34+,35+,37+,38+,39-/m1/s1. The van der Waals surface area contributed by atoms with Crippen LogP contribution in [0.5, 0.6) is 5.75 Å². The average molecular weight is 927 g/mol. The van der Waals surface area contributed by atoms with Gasteiger partial charge in [-0.25, -0.2) is 4.79 Å².